The maximum atomic E-state index is 12.7. The first-order chi connectivity index (χ1) is 10.8. The molecule has 0 saturated carbocycles. The molecule has 0 aliphatic carbocycles. The Morgan fingerprint density at radius 2 is 2.00 bits per heavy atom. The summed E-state index contributed by atoms with van der Waals surface area (Å²) in [5.74, 6) is 0. The first kappa shape index (κ1) is 14.6. The van der Waals surface area contributed by atoms with E-state index in [4.69, 9.17) is 0 Å². The zero-order valence-corrected chi connectivity index (χ0v) is 12.9. The van der Waals surface area contributed by atoms with Crippen LogP contribution in [0.5, 0.6) is 0 Å². The molecule has 0 radical (unpaired) electrons. The molecule has 0 atom stereocenters. The van der Waals surface area contributed by atoms with Crippen molar-refractivity contribution in [2.24, 2.45) is 0 Å². The van der Waals surface area contributed by atoms with Crippen molar-refractivity contribution >= 4 is 11.7 Å². The summed E-state index contributed by atoms with van der Waals surface area (Å²) in [5, 5.41) is 0. The number of likely N-dealkylation sites (N-methyl/N-ethyl adjacent to an activating group) is 1. The highest BCUT2D eigenvalue weighted by Crippen LogP contribution is 2.27. The predicted molar refractivity (Wildman–Crippen MR) is 88.1 cm³/mol. The number of amides is 2. The number of aryl methyl sites for hydroxylation is 1. The van der Waals surface area contributed by atoms with E-state index >= 15 is 0 Å². The lowest BCUT2D eigenvalue weighted by Gasteiger charge is -2.32. The monoisotopic (exact) mass is 295 g/mol. The highest BCUT2D eigenvalue weighted by atomic mass is 16.2. The Morgan fingerprint density at radius 3 is 2.82 bits per heavy atom. The van der Waals surface area contributed by atoms with Gasteiger partial charge in [-0.3, -0.25) is 9.88 Å². The van der Waals surface area contributed by atoms with Crippen molar-refractivity contribution in [2.75, 3.05) is 25.0 Å². The molecule has 0 bridgehead atoms. The number of benzene rings is 1. The molecule has 0 unspecified atom stereocenters. The van der Waals surface area contributed by atoms with Gasteiger partial charge in [0.25, 0.3) is 0 Å². The first-order valence-corrected chi connectivity index (χ1v) is 7.75. The summed E-state index contributed by atoms with van der Waals surface area (Å²) in [4.78, 5) is 20.5. The van der Waals surface area contributed by atoms with Gasteiger partial charge in [0, 0.05) is 38.2 Å². The van der Waals surface area contributed by atoms with Gasteiger partial charge in [0.05, 0.1) is 0 Å². The number of urea groups is 1. The number of pyridine rings is 1. The molecular weight excluding hydrogens is 274 g/mol. The molecule has 114 valence electrons. The summed E-state index contributed by atoms with van der Waals surface area (Å²) in [5.41, 5.74) is 3.54. The number of carbonyl (C=O) groups excluding carboxylic acids is 1. The van der Waals surface area contributed by atoms with E-state index in [-0.39, 0.29) is 6.03 Å². The van der Waals surface area contributed by atoms with E-state index in [2.05, 4.69) is 11.1 Å². The standard InChI is InChI=1S/C18H21N3O/c1-20(14-10-15-8-11-19-12-9-15)18(22)21-13-4-6-16-5-2-3-7-17(16)21/h2-3,5,7-9,11-12H,4,6,10,13-14H2,1H3. The molecule has 0 fully saturated rings. The van der Waals surface area contributed by atoms with Crippen LogP contribution in [0.4, 0.5) is 10.5 Å². The van der Waals surface area contributed by atoms with Gasteiger partial charge in [-0.1, -0.05) is 18.2 Å². The normalized spacial score (nSPS) is 13.6. The van der Waals surface area contributed by atoms with E-state index in [0.29, 0.717) is 6.54 Å². The molecule has 1 aliphatic heterocycles. The van der Waals surface area contributed by atoms with Crippen LogP contribution in [0.25, 0.3) is 0 Å². The van der Waals surface area contributed by atoms with Crippen LogP contribution in [0.15, 0.2) is 48.8 Å². The minimum atomic E-state index is 0.0845. The van der Waals surface area contributed by atoms with Crippen LogP contribution in [0.1, 0.15) is 17.5 Å². The van der Waals surface area contributed by atoms with Crippen LogP contribution in [-0.2, 0) is 12.8 Å². The minimum absolute atomic E-state index is 0.0845. The maximum absolute atomic E-state index is 12.7. The Labute approximate surface area is 131 Å². The highest BCUT2D eigenvalue weighted by Gasteiger charge is 2.24. The third-order valence-electron chi connectivity index (χ3n) is 4.15. The van der Waals surface area contributed by atoms with Crippen molar-refractivity contribution in [1.29, 1.82) is 0 Å². The topological polar surface area (TPSA) is 36.4 Å². The van der Waals surface area contributed by atoms with Gasteiger partial charge in [-0.05, 0) is 48.6 Å². The molecule has 2 heterocycles. The summed E-state index contributed by atoms with van der Waals surface area (Å²) >= 11 is 0. The van der Waals surface area contributed by atoms with Crippen molar-refractivity contribution in [3.8, 4) is 0 Å². The van der Waals surface area contributed by atoms with Gasteiger partial charge in [0.2, 0.25) is 0 Å². The fourth-order valence-corrected chi connectivity index (χ4v) is 2.88. The van der Waals surface area contributed by atoms with Gasteiger partial charge in [0.15, 0.2) is 0 Å². The lowest BCUT2D eigenvalue weighted by Crippen LogP contribution is -2.44. The predicted octanol–water partition coefficient (Wildman–Crippen LogP) is 3.13. The number of hydrogen-bond acceptors (Lipinski definition) is 2. The molecule has 2 aromatic rings. The third kappa shape index (κ3) is 3.11. The Morgan fingerprint density at radius 1 is 1.23 bits per heavy atom. The van der Waals surface area contributed by atoms with Crippen LogP contribution in [0, 0.1) is 0 Å². The van der Waals surface area contributed by atoms with Crippen LogP contribution >= 0.6 is 0 Å². The molecule has 1 aromatic heterocycles. The third-order valence-corrected chi connectivity index (χ3v) is 4.15. The zero-order valence-electron chi connectivity index (χ0n) is 12.9. The van der Waals surface area contributed by atoms with Gasteiger partial charge >= 0.3 is 6.03 Å². The average molecular weight is 295 g/mol. The average Bonchev–Trinajstić information content (AvgIpc) is 2.59. The number of rotatable bonds is 3. The summed E-state index contributed by atoms with van der Waals surface area (Å²) in [7, 11) is 1.88. The second-order valence-corrected chi connectivity index (χ2v) is 5.69. The zero-order chi connectivity index (χ0) is 15.4. The summed E-state index contributed by atoms with van der Waals surface area (Å²) in [6.45, 7) is 1.51. The SMILES string of the molecule is CN(CCc1ccncc1)C(=O)N1CCCc2ccccc21. The van der Waals surface area contributed by atoms with Crippen LogP contribution in [-0.4, -0.2) is 36.1 Å². The largest absolute Gasteiger partial charge is 0.327 e. The molecule has 0 N–H and O–H groups in total. The molecule has 0 saturated heterocycles. The fourth-order valence-electron chi connectivity index (χ4n) is 2.88. The number of aromatic nitrogens is 1. The Kier molecular flexibility index (Phi) is 4.37. The van der Waals surface area contributed by atoms with Crippen molar-refractivity contribution in [3.63, 3.8) is 0 Å². The van der Waals surface area contributed by atoms with Crippen molar-refractivity contribution in [2.45, 2.75) is 19.3 Å². The van der Waals surface area contributed by atoms with Gasteiger partial charge in [-0.25, -0.2) is 4.79 Å². The molecular formula is C18H21N3O. The Bertz CT molecular complexity index is 642. The van der Waals surface area contributed by atoms with Gasteiger partial charge < -0.3 is 4.90 Å². The number of anilines is 1. The molecule has 2 amide bonds. The number of para-hydroxylation sites is 1. The van der Waals surface area contributed by atoms with E-state index in [0.717, 1.165) is 31.5 Å². The van der Waals surface area contributed by atoms with Crippen molar-refractivity contribution < 1.29 is 4.79 Å². The van der Waals surface area contributed by atoms with E-state index in [1.807, 2.05) is 47.2 Å². The minimum Gasteiger partial charge on any atom is -0.327 e. The van der Waals surface area contributed by atoms with Crippen LogP contribution in [0.2, 0.25) is 0 Å². The molecule has 1 aliphatic rings. The number of hydrogen-bond donors (Lipinski definition) is 0. The number of carbonyl (C=O) groups is 1. The Balaban J connectivity index is 1.66. The van der Waals surface area contributed by atoms with Crippen molar-refractivity contribution in [3.05, 3.63) is 59.9 Å². The smallest absolute Gasteiger partial charge is 0.324 e. The van der Waals surface area contributed by atoms with Crippen LogP contribution < -0.4 is 4.90 Å². The Hall–Kier alpha value is -2.36. The van der Waals surface area contributed by atoms with E-state index in [1.165, 1.54) is 11.1 Å². The summed E-state index contributed by atoms with van der Waals surface area (Å²) in [6, 6.07) is 12.3. The van der Waals surface area contributed by atoms with Gasteiger partial charge in [-0.15, -0.1) is 0 Å². The maximum Gasteiger partial charge on any atom is 0.324 e. The molecule has 0 spiro atoms. The second kappa shape index (κ2) is 6.60. The molecule has 4 nitrogen and oxygen atoms in total. The van der Waals surface area contributed by atoms with Crippen LogP contribution in [0.3, 0.4) is 0 Å². The molecule has 3 rings (SSSR count). The summed E-state index contributed by atoms with van der Waals surface area (Å²) in [6.07, 6.45) is 6.51. The quantitative estimate of drug-likeness (QED) is 0.872. The molecule has 4 heteroatoms. The van der Waals surface area contributed by atoms with E-state index in [9.17, 15) is 4.79 Å². The number of fused-ring (bicyclic) bond motifs is 1. The fraction of sp³-hybridized carbons (Fsp3) is 0.333. The summed E-state index contributed by atoms with van der Waals surface area (Å²) < 4.78 is 0. The lowest BCUT2D eigenvalue weighted by molar-refractivity contribution is 0.215. The van der Waals surface area contributed by atoms with Crippen molar-refractivity contribution in [1.82, 2.24) is 9.88 Å². The van der Waals surface area contributed by atoms with Gasteiger partial charge in [0.1, 0.15) is 0 Å². The molecule has 22 heavy (non-hydrogen) atoms. The van der Waals surface area contributed by atoms with E-state index in [1.54, 1.807) is 12.4 Å². The highest BCUT2D eigenvalue weighted by molar-refractivity contribution is 5.93. The molecule has 1 aromatic carbocycles. The van der Waals surface area contributed by atoms with Gasteiger partial charge in [-0.2, -0.15) is 0 Å². The first-order valence-electron chi connectivity index (χ1n) is 7.75. The number of nitrogens with zero attached hydrogens (tertiary/aromatic N) is 3. The lowest BCUT2D eigenvalue weighted by atomic mass is 10.0. The second-order valence-electron chi connectivity index (χ2n) is 5.69. The van der Waals surface area contributed by atoms with E-state index < -0.39 is 0 Å².